The van der Waals surface area contributed by atoms with Crippen molar-refractivity contribution < 1.29 is 9.59 Å². The zero-order valence-electron chi connectivity index (χ0n) is 13.4. The molecule has 1 fully saturated rings. The van der Waals surface area contributed by atoms with Gasteiger partial charge in [-0.05, 0) is 23.6 Å². The Kier molecular flexibility index (Phi) is 4.79. The smallest absolute Gasteiger partial charge is 0.247 e. The molecule has 0 saturated carbocycles. The van der Waals surface area contributed by atoms with Crippen molar-refractivity contribution >= 4 is 17.5 Å². The van der Waals surface area contributed by atoms with Crippen LogP contribution in [0.4, 0.5) is 5.69 Å². The van der Waals surface area contributed by atoms with Crippen molar-refractivity contribution in [2.24, 2.45) is 0 Å². The second-order valence-electron chi connectivity index (χ2n) is 5.89. The molecule has 0 radical (unpaired) electrons. The standard InChI is InChI=1S/C19H21N3O2/c20-16-9-5-4-6-14(16)10-11-17(23)22-13-12-21-19(24)18(22)15-7-2-1-3-8-15/h1-9,18H,10-13,20H2,(H,21,24). The minimum atomic E-state index is -0.555. The largest absolute Gasteiger partial charge is 0.399 e. The SMILES string of the molecule is Nc1ccccc1CCC(=O)N1CCNC(=O)C1c1ccccc1. The van der Waals surface area contributed by atoms with E-state index in [0.29, 0.717) is 31.6 Å². The molecule has 5 nitrogen and oxygen atoms in total. The van der Waals surface area contributed by atoms with Crippen molar-refractivity contribution in [1.29, 1.82) is 0 Å². The summed E-state index contributed by atoms with van der Waals surface area (Å²) in [6.07, 6.45) is 0.913. The summed E-state index contributed by atoms with van der Waals surface area (Å²) in [7, 11) is 0. The minimum Gasteiger partial charge on any atom is -0.399 e. The summed E-state index contributed by atoms with van der Waals surface area (Å²) >= 11 is 0. The third kappa shape index (κ3) is 3.40. The van der Waals surface area contributed by atoms with Crippen LogP contribution in [0, 0.1) is 0 Å². The Morgan fingerprint density at radius 1 is 1.12 bits per heavy atom. The molecule has 1 unspecified atom stereocenters. The first-order chi connectivity index (χ1) is 11.7. The summed E-state index contributed by atoms with van der Waals surface area (Å²) in [5.41, 5.74) is 8.43. The predicted octanol–water partition coefficient (Wildman–Crippen LogP) is 1.90. The molecule has 124 valence electrons. The number of nitrogen functional groups attached to an aromatic ring is 1. The number of nitrogens with one attached hydrogen (secondary N) is 1. The normalized spacial score (nSPS) is 17.4. The van der Waals surface area contributed by atoms with Gasteiger partial charge in [0, 0.05) is 25.2 Å². The number of hydrogen-bond donors (Lipinski definition) is 2. The van der Waals surface area contributed by atoms with Gasteiger partial charge in [-0.2, -0.15) is 0 Å². The van der Waals surface area contributed by atoms with Crippen molar-refractivity contribution in [2.75, 3.05) is 18.8 Å². The molecule has 0 bridgehead atoms. The van der Waals surface area contributed by atoms with Gasteiger partial charge < -0.3 is 16.0 Å². The highest BCUT2D eigenvalue weighted by Crippen LogP contribution is 2.24. The Hall–Kier alpha value is -2.82. The highest BCUT2D eigenvalue weighted by atomic mass is 16.2. The van der Waals surface area contributed by atoms with Crippen LogP contribution in [0.25, 0.3) is 0 Å². The van der Waals surface area contributed by atoms with E-state index >= 15 is 0 Å². The van der Waals surface area contributed by atoms with Crippen molar-refractivity contribution in [2.45, 2.75) is 18.9 Å². The van der Waals surface area contributed by atoms with Crippen LogP contribution in [-0.4, -0.2) is 29.8 Å². The maximum atomic E-state index is 12.7. The van der Waals surface area contributed by atoms with E-state index < -0.39 is 6.04 Å². The quantitative estimate of drug-likeness (QED) is 0.844. The van der Waals surface area contributed by atoms with Crippen molar-refractivity contribution in [3.63, 3.8) is 0 Å². The number of anilines is 1. The van der Waals surface area contributed by atoms with E-state index in [1.807, 2.05) is 54.6 Å². The van der Waals surface area contributed by atoms with E-state index in [9.17, 15) is 9.59 Å². The number of aryl methyl sites for hydroxylation is 1. The molecular formula is C19H21N3O2. The lowest BCUT2D eigenvalue weighted by Gasteiger charge is -2.35. The number of para-hydroxylation sites is 1. The van der Waals surface area contributed by atoms with E-state index in [-0.39, 0.29) is 11.8 Å². The van der Waals surface area contributed by atoms with E-state index in [0.717, 1.165) is 11.1 Å². The second-order valence-corrected chi connectivity index (χ2v) is 5.89. The summed E-state index contributed by atoms with van der Waals surface area (Å²) < 4.78 is 0. The number of piperazine rings is 1. The van der Waals surface area contributed by atoms with Crippen molar-refractivity contribution in [3.8, 4) is 0 Å². The summed E-state index contributed by atoms with van der Waals surface area (Å²) in [5, 5.41) is 2.85. The molecule has 1 atom stereocenters. The van der Waals surface area contributed by atoms with Crippen LogP contribution in [0.3, 0.4) is 0 Å². The van der Waals surface area contributed by atoms with Gasteiger partial charge in [0.1, 0.15) is 6.04 Å². The van der Waals surface area contributed by atoms with Gasteiger partial charge in [-0.15, -0.1) is 0 Å². The Morgan fingerprint density at radius 2 is 1.83 bits per heavy atom. The Balaban J connectivity index is 1.74. The number of amides is 2. The highest BCUT2D eigenvalue weighted by Gasteiger charge is 2.33. The monoisotopic (exact) mass is 323 g/mol. The molecule has 1 aliphatic rings. The maximum Gasteiger partial charge on any atom is 0.247 e. The van der Waals surface area contributed by atoms with E-state index in [4.69, 9.17) is 5.73 Å². The Bertz CT molecular complexity index is 730. The van der Waals surface area contributed by atoms with Gasteiger partial charge in [0.15, 0.2) is 0 Å². The van der Waals surface area contributed by atoms with Gasteiger partial charge in [0.05, 0.1) is 0 Å². The predicted molar refractivity (Wildman–Crippen MR) is 93.1 cm³/mol. The van der Waals surface area contributed by atoms with Gasteiger partial charge in [-0.3, -0.25) is 9.59 Å². The first-order valence-corrected chi connectivity index (χ1v) is 8.12. The molecule has 0 aliphatic carbocycles. The fourth-order valence-corrected chi connectivity index (χ4v) is 3.05. The number of nitrogens with zero attached hydrogens (tertiary/aromatic N) is 1. The molecule has 5 heteroatoms. The molecule has 0 aromatic heterocycles. The number of carbonyl (C=O) groups is 2. The van der Waals surface area contributed by atoms with Gasteiger partial charge in [0.2, 0.25) is 11.8 Å². The lowest BCUT2D eigenvalue weighted by molar-refractivity contribution is -0.143. The number of nitrogens with two attached hydrogens (primary N) is 1. The first-order valence-electron chi connectivity index (χ1n) is 8.12. The van der Waals surface area contributed by atoms with Crippen LogP contribution >= 0.6 is 0 Å². The van der Waals surface area contributed by atoms with Crippen LogP contribution in [0.5, 0.6) is 0 Å². The molecule has 3 N–H and O–H groups in total. The van der Waals surface area contributed by atoms with Crippen LogP contribution in [0.15, 0.2) is 54.6 Å². The van der Waals surface area contributed by atoms with E-state index in [1.165, 1.54) is 0 Å². The Labute approximate surface area is 141 Å². The molecule has 24 heavy (non-hydrogen) atoms. The van der Waals surface area contributed by atoms with Crippen LogP contribution in [0.2, 0.25) is 0 Å². The summed E-state index contributed by atoms with van der Waals surface area (Å²) in [6.45, 7) is 1.01. The number of hydrogen-bond acceptors (Lipinski definition) is 3. The average molecular weight is 323 g/mol. The van der Waals surface area contributed by atoms with Gasteiger partial charge in [-0.1, -0.05) is 48.5 Å². The third-order valence-corrected chi connectivity index (χ3v) is 4.31. The van der Waals surface area contributed by atoms with Gasteiger partial charge in [0.25, 0.3) is 0 Å². The Morgan fingerprint density at radius 3 is 2.58 bits per heavy atom. The third-order valence-electron chi connectivity index (χ3n) is 4.31. The zero-order valence-corrected chi connectivity index (χ0v) is 13.4. The van der Waals surface area contributed by atoms with Crippen LogP contribution in [0.1, 0.15) is 23.6 Å². The lowest BCUT2D eigenvalue weighted by Crippen LogP contribution is -2.52. The number of rotatable bonds is 4. The van der Waals surface area contributed by atoms with Gasteiger partial charge in [-0.25, -0.2) is 0 Å². The van der Waals surface area contributed by atoms with E-state index in [1.54, 1.807) is 4.90 Å². The summed E-state index contributed by atoms with van der Waals surface area (Å²) in [4.78, 5) is 26.7. The van der Waals surface area contributed by atoms with Gasteiger partial charge >= 0.3 is 0 Å². The van der Waals surface area contributed by atoms with Crippen molar-refractivity contribution in [1.82, 2.24) is 10.2 Å². The van der Waals surface area contributed by atoms with E-state index in [2.05, 4.69) is 5.32 Å². The molecule has 1 aliphatic heterocycles. The molecule has 2 aromatic rings. The molecule has 0 spiro atoms. The minimum absolute atomic E-state index is 0.0260. The molecule has 1 saturated heterocycles. The van der Waals surface area contributed by atoms with Crippen molar-refractivity contribution in [3.05, 3.63) is 65.7 Å². The summed E-state index contributed by atoms with van der Waals surface area (Å²) in [6, 6.07) is 16.4. The number of carbonyl (C=O) groups excluding carboxylic acids is 2. The zero-order chi connectivity index (χ0) is 16.9. The molecule has 2 amide bonds. The molecule has 1 heterocycles. The molecule has 2 aromatic carbocycles. The lowest BCUT2D eigenvalue weighted by atomic mass is 10.0. The van der Waals surface area contributed by atoms with Crippen LogP contribution in [-0.2, 0) is 16.0 Å². The highest BCUT2D eigenvalue weighted by molar-refractivity contribution is 5.89. The molecule has 3 rings (SSSR count). The first kappa shape index (κ1) is 16.1. The molecular weight excluding hydrogens is 302 g/mol. The second kappa shape index (κ2) is 7.17. The topological polar surface area (TPSA) is 75.4 Å². The average Bonchev–Trinajstić information content (AvgIpc) is 2.61. The fraction of sp³-hybridized carbons (Fsp3) is 0.263. The summed E-state index contributed by atoms with van der Waals surface area (Å²) in [5.74, 6) is -0.151. The van der Waals surface area contributed by atoms with Crippen LogP contribution < -0.4 is 11.1 Å². The number of benzene rings is 2. The fourth-order valence-electron chi connectivity index (χ4n) is 3.05. The maximum absolute atomic E-state index is 12.7.